The van der Waals surface area contributed by atoms with Gasteiger partial charge in [0.15, 0.2) is 5.58 Å². The summed E-state index contributed by atoms with van der Waals surface area (Å²) < 4.78 is 7.40. The van der Waals surface area contributed by atoms with E-state index in [1.165, 1.54) is 11.8 Å². The van der Waals surface area contributed by atoms with Crippen molar-refractivity contribution in [3.63, 3.8) is 0 Å². The highest BCUT2D eigenvalue weighted by Gasteiger charge is 2.11. The smallest absolute Gasteiger partial charge is 0.214 e. The molecule has 0 bridgehead atoms. The topological polar surface area (TPSA) is 69.6 Å². The minimum Gasteiger partial charge on any atom is -0.440 e. The third-order valence-electron chi connectivity index (χ3n) is 3.10. The van der Waals surface area contributed by atoms with Crippen LogP contribution in [0.3, 0.4) is 0 Å². The number of rotatable bonds is 4. The lowest BCUT2D eigenvalue weighted by Crippen LogP contribution is -1.98. The van der Waals surface area contributed by atoms with Crippen molar-refractivity contribution in [3.05, 3.63) is 60.5 Å². The molecule has 0 N–H and O–H groups in total. The Hall–Kier alpha value is -2.67. The zero-order valence-corrected chi connectivity index (χ0v) is 12.3. The Morgan fingerprint density at radius 1 is 1.00 bits per heavy atom. The van der Waals surface area contributed by atoms with Gasteiger partial charge in [0.1, 0.15) is 5.52 Å². The Morgan fingerprint density at radius 2 is 1.82 bits per heavy atom. The minimum absolute atomic E-state index is 0.571. The molecule has 0 unspecified atom stereocenters. The van der Waals surface area contributed by atoms with Crippen LogP contribution in [0, 0.1) is 0 Å². The molecule has 22 heavy (non-hydrogen) atoms. The van der Waals surface area contributed by atoms with E-state index in [0.717, 1.165) is 16.8 Å². The van der Waals surface area contributed by atoms with E-state index < -0.39 is 0 Å². The summed E-state index contributed by atoms with van der Waals surface area (Å²) in [5.41, 5.74) is 2.58. The van der Waals surface area contributed by atoms with Gasteiger partial charge >= 0.3 is 0 Å². The van der Waals surface area contributed by atoms with E-state index in [1.807, 2.05) is 54.6 Å². The second kappa shape index (κ2) is 5.61. The minimum atomic E-state index is 0.571. The number of fused-ring (bicyclic) bond motifs is 1. The summed E-state index contributed by atoms with van der Waals surface area (Å²) in [6.07, 6.45) is 0. The number of thioether (sulfide) groups is 1. The summed E-state index contributed by atoms with van der Waals surface area (Å²) in [6.45, 7) is 0. The van der Waals surface area contributed by atoms with Crippen LogP contribution in [0.15, 0.2) is 64.2 Å². The number of nitrogens with zero attached hydrogens (tertiary/aromatic N) is 5. The average molecular weight is 309 g/mol. The van der Waals surface area contributed by atoms with Crippen LogP contribution in [0.2, 0.25) is 0 Å². The Morgan fingerprint density at radius 3 is 2.68 bits per heavy atom. The highest BCUT2D eigenvalue weighted by atomic mass is 32.2. The summed E-state index contributed by atoms with van der Waals surface area (Å²) in [4.78, 5) is 4.45. The molecule has 0 spiro atoms. The number of tetrazole rings is 1. The molecule has 2 heterocycles. The molecule has 0 aliphatic rings. The van der Waals surface area contributed by atoms with Gasteiger partial charge in [-0.3, -0.25) is 0 Å². The van der Waals surface area contributed by atoms with E-state index in [2.05, 4.69) is 20.5 Å². The Balaban J connectivity index is 1.56. The van der Waals surface area contributed by atoms with Gasteiger partial charge in [0.2, 0.25) is 11.0 Å². The van der Waals surface area contributed by atoms with E-state index in [4.69, 9.17) is 4.42 Å². The molecule has 6 nitrogen and oxygen atoms in total. The number of hydrogen-bond acceptors (Lipinski definition) is 6. The normalized spacial score (nSPS) is 11.1. The first-order valence-corrected chi connectivity index (χ1v) is 7.70. The molecule has 2 aromatic heterocycles. The Kier molecular flexibility index (Phi) is 3.32. The second-order valence-electron chi connectivity index (χ2n) is 4.57. The summed E-state index contributed by atoms with van der Waals surface area (Å²) in [5.74, 6) is 1.23. The van der Waals surface area contributed by atoms with Gasteiger partial charge in [0.25, 0.3) is 0 Å². The van der Waals surface area contributed by atoms with Crippen molar-refractivity contribution in [3.8, 4) is 5.69 Å². The molecule has 2 aromatic carbocycles. The fourth-order valence-electron chi connectivity index (χ4n) is 2.11. The Bertz CT molecular complexity index is 869. The van der Waals surface area contributed by atoms with E-state index in [9.17, 15) is 0 Å². The fourth-order valence-corrected chi connectivity index (χ4v) is 2.84. The van der Waals surface area contributed by atoms with Gasteiger partial charge in [-0.2, -0.15) is 4.68 Å². The van der Waals surface area contributed by atoms with Crippen LogP contribution in [-0.4, -0.2) is 25.2 Å². The number of hydrogen-bond donors (Lipinski definition) is 0. The monoisotopic (exact) mass is 309 g/mol. The van der Waals surface area contributed by atoms with Gasteiger partial charge in [-0.1, -0.05) is 42.1 Å². The van der Waals surface area contributed by atoms with Crippen LogP contribution in [-0.2, 0) is 5.75 Å². The molecule has 4 aromatic rings. The van der Waals surface area contributed by atoms with Crippen molar-refractivity contribution in [1.82, 2.24) is 25.2 Å². The number of benzene rings is 2. The lowest BCUT2D eigenvalue weighted by atomic mass is 10.3. The van der Waals surface area contributed by atoms with Gasteiger partial charge in [-0.15, -0.1) is 5.10 Å². The number of oxazole rings is 1. The quantitative estimate of drug-likeness (QED) is 0.540. The zero-order valence-electron chi connectivity index (χ0n) is 11.5. The van der Waals surface area contributed by atoms with Crippen molar-refractivity contribution in [2.75, 3.05) is 0 Å². The second-order valence-corrected chi connectivity index (χ2v) is 5.52. The first-order valence-electron chi connectivity index (χ1n) is 6.71. The predicted octanol–water partition coefficient (Wildman–Crippen LogP) is 3.10. The first kappa shape index (κ1) is 13.0. The molecule has 0 aliphatic heterocycles. The van der Waals surface area contributed by atoms with Gasteiger partial charge < -0.3 is 4.42 Å². The highest BCUT2D eigenvalue weighted by Crippen LogP contribution is 2.24. The zero-order chi connectivity index (χ0) is 14.8. The largest absolute Gasteiger partial charge is 0.440 e. The van der Waals surface area contributed by atoms with Crippen molar-refractivity contribution in [2.45, 2.75) is 10.9 Å². The maximum Gasteiger partial charge on any atom is 0.214 e. The number of aromatic nitrogens is 5. The molecule has 0 saturated carbocycles. The van der Waals surface area contributed by atoms with E-state index in [-0.39, 0.29) is 0 Å². The Labute approximate surface area is 130 Å². The predicted molar refractivity (Wildman–Crippen MR) is 82.7 cm³/mol. The highest BCUT2D eigenvalue weighted by molar-refractivity contribution is 7.98. The van der Waals surface area contributed by atoms with Gasteiger partial charge in [0, 0.05) is 0 Å². The summed E-state index contributed by atoms with van der Waals surface area (Å²) in [5, 5.41) is 12.5. The first-order chi connectivity index (χ1) is 10.9. The van der Waals surface area contributed by atoms with Crippen molar-refractivity contribution < 1.29 is 4.42 Å². The fraction of sp³-hybridized carbons (Fsp3) is 0.0667. The van der Waals surface area contributed by atoms with Crippen LogP contribution < -0.4 is 0 Å². The molecule has 0 radical (unpaired) electrons. The maximum absolute atomic E-state index is 5.70. The van der Waals surface area contributed by atoms with Crippen molar-refractivity contribution in [1.29, 1.82) is 0 Å². The van der Waals surface area contributed by atoms with Crippen LogP contribution in [0.1, 0.15) is 5.89 Å². The average Bonchev–Trinajstić information content (AvgIpc) is 3.20. The molecule has 0 saturated heterocycles. The lowest BCUT2D eigenvalue weighted by Gasteiger charge is -2.02. The van der Waals surface area contributed by atoms with Crippen LogP contribution in [0.5, 0.6) is 0 Å². The SMILES string of the molecule is c1ccc(-n2nnnc2SCc2nc3ccccc3o2)cc1. The summed E-state index contributed by atoms with van der Waals surface area (Å²) >= 11 is 1.49. The summed E-state index contributed by atoms with van der Waals surface area (Å²) in [6, 6.07) is 17.5. The van der Waals surface area contributed by atoms with Crippen molar-refractivity contribution in [2.24, 2.45) is 0 Å². The van der Waals surface area contributed by atoms with E-state index >= 15 is 0 Å². The van der Waals surface area contributed by atoms with E-state index in [1.54, 1.807) is 4.68 Å². The third kappa shape index (κ3) is 2.46. The van der Waals surface area contributed by atoms with Crippen molar-refractivity contribution >= 4 is 22.9 Å². The molecule has 4 rings (SSSR count). The van der Waals surface area contributed by atoms with Gasteiger partial charge in [-0.05, 0) is 34.7 Å². The molecular formula is C15H11N5OS. The molecule has 0 atom stereocenters. The number of para-hydroxylation sites is 3. The van der Waals surface area contributed by atoms with Crippen LogP contribution in [0.25, 0.3) is 16.8 Å². The summed E-state index contributed by atoms with van der Waals surface area (Å²) in [7, 11) is 0. The van der Waals surface area contributed by atoms with Gasteiger partial charge in [0.05, 0.1) is 11.4 Å². The standard InChI is InChI=1S/C15H11N5OS/c1-2-6-11(7-3-1)20-15(17-18-19-20)22-10-14-16-12-8-4-5-9-13(12)21-14/h1-9H,10H2. The molecule has 0 aliphatic carbocycles. The molecule has 108 valence electrons. The van der Waals surface area contributed by atoms with Crippen LogP contribution in [0.4, 0.5) is 0 Å². The maximum atomic E-state index is 5.70. The lowest BCUT2D eigenvalue weighted by molar-refractivity contribution is 0.556. The molecule has 0 fully saturated rings. The molecular weight excluding hydrogens is 298 g/mol. The van der Waals surface area contributed by atoms with Crippen LogP contribution >= 0.6 is 11.8 Å². The molecule has 0 amide bonds. The third-order valence-corrected chi connectivity index (χ3v) is 4.01. The molecule has 7 heteroatoms. The van der Waals surface area contributed by atoms with Gasteiger partial charge in [-0.25, -0.2) is 4.98 Å². The van der Waals surface area contributed by atoms with E-state index in [0.29, 0.717) is 16.8 Å².